The van der Waals surface area contributed by atoms with Gasteiger partial charge in [-0.2, -0.15) is 4.98 Å². The van der Waals surface area contributed by atoms with E-state index in [9.17, 15) is 4.79 Å². The Bertz CT molecular complexity index is 818. The van der Waals surface area contributed by atoms with E-state index in [4.69, 9.17) is 0 Å². The molecule has 0 radical (unpaired) electrons. The maximum absolute atomic E-state index is 12.5. The van der Waals surface area contributed by atoms with Crippen molar-refractivity contribution in [3.05, 3.63) is 28.7 Å². The molecule has 2 fully saturated rings. The van der Waals surface area contributed by atoms with Gasteiger partial charge in [0.05, 0.1) is 5.39 Å². The molecule has 2 aliphatic heterocycles. The van der Waals surface area contributed by atoms with Gasteiger partial charge in [0.25, 0.3) is 5.56 Å². The molecule has 2 aromatic rings. The molecule has 0 atom stereocenters. The molecular weight excluding hydrogens is 316 g/mol. The van der Waals surface area contributed by atoms with Crippen LogP contribution < -0.4 is 10.5 Å². The van der Waals surface area contributed by atoms with Gasteiger partial charge in [0, 0.05) is 64.6 Å². The lowest BCUT2D eigenvalue weighted by molar-refractivity contribution is 0.0672. The van der Waals surface area contributed by atoms with Crippen LogP contribution in [0.2, 0.25) is 0 Å². The van der Waals surface area contributed by atoms with Gasteiger partial charge in [0.15, 0.2) is 5.65 Å². The fourth-order valence-corrected chi connectivity index (χ4v) is 3.85. The lowest BCUT2D eigenvalue weighted by atomic mass is 10.1. The molecule has 2 aromatic heterocycles. The van der Waals surface area contributed by atoms with Crippen molar-refractivity contribution >= 4 is 17.0 Å². The third kappa shape index (κ3) is 2.91. The molecule has 0 amide bonds. The third-order valence-corrected chi connectivity index (χ3v) is 5.57. The average molecular weight is 342 g/mol. The minimum atomic E-state index is -0.0258. The molecule has 0 aliphatic carbocycles. The summed E-state index contributed by atoms with van der Waals surface area (Å²) in [6.45, 7) is 10.9. The Morgan fingerprint density at radius 2 is 1.88 bits per heavy atom. The first kappa shape index (κ1) is 16.5. The minimum absolute atomic E-state index is 0.0258. The van der Waals surface area contributed by atoms with E-state index in [1.54, 1.807) is 29.9 Å². The number of rotatable bonds is 3. The monoisotopic (exact) mass is 342 g/mol. The van der Waals surface area contributed by atoms with Crippen LogP contribution in [0.15, 0.2) is 23.1 Å². The highest BCUT2D eigenvalue weighted by atomic mass is 16.1. The topological polar surface area (TPSA) is 57.5 Å². The lowest BCUT2D eigenvalue weighted by Gasteiger charge is -2.49. The van der Waals surface area contributed by atoms with Crippen LogP contribution in [0, 0.1) is 0 Å². The maximum atomic E-state index is 12.5. The summed E-state index contributed by atoms with van der Waals surface area (Å²) < 4.78 is 1.65. The van der Waals surface area contributed by atoms with Gasteiger partial charge in [-0.05, 0) is 26.0 Å². The van der Waals surface area contributed by atoms with E-state index >= 15 is 0 Å². The van der Waals surface area contributed by atoms with Crippen LogP contribution in [0.4, 0.5) is 5.95 Å². The highest BCUT2D eigenvalue weighted by Gasteiger charge is 2.35. The zero-order valence-corrected chi connectivity index (χ0v) is 15.2. The molecular formula is C18H26N6O. The van der Waals surface area contributed by atoms with Crippen molar-refractivity contribution in [2.75, 3.05) is 44.2 Å². The number of piperazine rings is 1. The highest BCUT2D eigenvalue weighted by Crippen LogP contribution is 2.23. The zero-order chi connectivity index (χ0) is 17.6. The lowest BCUT2D eigenvalue weighted by Crippen LogP contribution is -2.64. The quantitative estimate of drug-likeness (QED) is 0.812. The second kappa shape index (κ2) is 6.38. The van der Waals surface area contributed by atoms with Crippen LogP contribution in [-0.4, -0.2) is 75.7 Å². The number of pyridine rings is 1. The molecule has 25 heavy (non-hydrogen) atoms. The zero-order valence-electron chi connectivity index (χ0n) is 15.2. The Kier molecular flexibility index (Phi) is 4.21. The van der Waals surface area contributed by atoms with Crippen molar-refractivity contribution < 1.29 is 0 Å². The van der Waals surface area contributed by atoms with Crippen molar-refractivity contribution in [2.45, 2.75) is 25.9 Å². The van der Waals surface area contributed by atoms with Crippen LogP contribution in [0.1, 0.15) is 13.8 Å². The fourth-order valence-electron chi connectivity index (χ4n) is 3.85. The predicted molar refractivity (Wildman–Crippen MR) is 99.1 cm³/mol. The molecule has 0 bridgehead atoms. The first-order valence-electron chi connectivity index (χ1n) is 9.09. The van der Waals surface area contributed by atoms with Gasteiger partial charge in [-0.15, -0.1) is 0 Å². The first-order valence-corrected chi connectivity index (χ1v) is 9.09. The minimum Gasteiger partial charge on any atom is -0.339 e. The second-order valence-electron chi connectivity index (χ2n) is 7.38. The molecule has 2 aliphatic rings. The van der Waals surface area contributed by atoms with E-state index < -0.39 is 0 Å². The van der Waals surface area contributed by atoms with Crippen molar-refractivity contribution in [2.24, 2.45) is 7.05 Å². The van der Waals surface area contributed by atoms with Crippen molar-refractivity contribution in [1.29, 1.82) is 0 Å². The summed E-state index contributed by atoms with van der Waals surface area (Å²) in [4.78, 5) is 28.7. The van der Waals surface area contributed by atoms with Gasteiger partial charge < -0.3 is 4.90 Å². The summed E-state index contributed by atoms with van der Waals surface area (Å²) in [6.07, 6.45) is 1.69. The number of anilines is 1. The standard InChI is InChI=1S/C18H26N6O/c1-13(2)22-7-9-23(10-8-22)14-11-24(12-14)18-20-16-15(5-4-6-19-16)17(25)21(18)3/h4-6,13-14H,7-12H2,1-3H3. The average Bonchev–Trinajstić information content (AvgIpc) is 2.58. The molecule has 0 unspecified atom stereocenters. The molecule has 0 aromatic carbocycles. The van der Waals surface area contributed by atoms with E-state index in [2.05, 4.69) is 38.5 Å². The Hall–Kier alpha value is -1.99. The number of aromatic nitrogens is 3. The van der Waals surface area contributed by atoms with Gasteiger partial charge in [-0.25, -0.2) is 4.98 Å². The van der Waals surface area contributed by atoms with Gasteiger partial charge >= 0.3 is 0 Å². The maximum Gasteiger partial charge on any atom is 0.264 e. The van der Waals surface area contributed by atoms with Crippen LogP contribution in [-0.2, 0) is 7.05 Å². The summed E-state index contributed by atoms with van der Waals surface area (Å²) in [7, 11) is 1.80. The summed E-state index contributed by atoms with van der Waals surface area (Å²) in [6, 6.07) is 4.75. The van der Waals surface area contributed by atoms with Crippen molar-refractivity contribution in [3.8, 4) is 0 Å². The number of fused-ring (bicyclic) bond motifs is 1. The molecule has 0 N–H and O–H groups in total. The molecule has 4 rings (SSSR count). The summed E-state index contributed by atoms with van der Waals surface area (Å²) in [5.41, 5.74) is 0.511. The first-order chi connectivity index (χ1) is 12.0. The summed E-state index contributed by atoms with van der Waals surface area (Å²) in [5.74, 6) is 0.730. The van der Waals surface area contributed by atoms with Gasteiger partial charge in [-0.3, -0.25) is 19.2 Å². The molecule has 4 heterocycles. The van der Waals surface area contributed by atoms with E-state index in [0.29, 0.717) is 23.1 Å². The number of hydrogen-bond acceptors (Lipinski definition) is 6. The molecule has 134 valence electrons. The van der Waals surface area contributed by atoms with Crippen LogP contribution in [0.3, 0.4) is 0 Å². The Balaban J connectivity index is 1.45. The van der Waals surface area contributed by atoms with E-state index in [0.717, 1.165) is 45.2 Å². The second-order valence-corrected chi connectivity index (χ2v) is 7.38. The molecule has 7 heteroatoms. The SMILES string of the molecule is CC(C)N1CCN(C2CN(c3nc4ncccc4c(=O)n3C)C2)CC1. The fraction of sp³-hybridized carbons (Fsp3) is 0.611. The Labute approximate surface area is 147 Å². The third-order valence-electron chi connectivity index (χ3n) is 5.57. The van der Waals surface area contributed by atoms with Crippen LogP contribution in [0.5, 0.6) is 0 Å². The van der Waals surface area contributed by atoms with Gasteiger partial charge in [0.1, 0.15) is 0 Å². The van der Waals surface area contributed by atoms with E-state index in [-0.39, 0.29) is 5.56 Å². The number of nitrogens with zero attached hydrogens (tertiary/aromatic N) is 6. The predicted octanol–water partition coefficient (Wildman–Crippen LogP) is 0.543. The highest BCUT2D eigenvalue weighted by molar-refractivity contribution is 5.74. The van der Waals surface area contributed by atoms with Gasteiger partial charge in [0.2, 0.25) is 5.95 Å². The molecule has 7 nitrogen and oxygen atoms in total. The molecule has 2 saturated heterocycles. The van der Waals surface area contributed by atoms with E-state index in [1.807, 2.05) is 0 Å². The van der Waals surface area contributed by atoms with E-state index in [1.165, 1.54) is 0 Å². The Morgan fingerprint density at radius 3 is 2.56 bits per heavy atom. The van der Waals surface area contributed by atoms with Crippen LogP contribution >= 0.6 is 0 Å². The van der Waals surface area contributed by atoms with Crippen LogP contribution in [0.25, 0.3) is 11.0 Å². The van der Waals surface area contributed by atoms with Crippen molar-refractivity contribution in [1.82, 2.24) is 24.3 Å². The molecule has 0 spiro atoms. The summed E-state index contributed by atoms with van der Waals surface area (Å²) >= 11 is 0. The Morgan fingerprint density at radius 1 is 1.16 bits per heavy atom. The smallest absolute Gasteiger partial charge is 0.264 e. The molecule has 0 saturated carbocycles. The number of hydrogen-bond donors (Lipinski definition) is 0. The van der Waals surface area contributed by atoms with Gasteiger partial charge in [-0.1, -0.05) is 0 Å². The normalized spacial score (nSPS) is 20.4. The largest absolute Gasteiger partial charge is 0.339 e. The summed E-state index contributed by atoms with van der Waals surface area (Å²) in [5, 5.41) is 0.579. The van der Waals surface area contributed by atoms with Crippen molar-refractivity contribution in [3.63, 3.8) is 0 Å².